The van der Waals surface area contributed by atoms with Gasteiger partial charge in [-0.15, -0.1) is 11.6 Å². The zero-order valence-corrected chi connectivity index (χ0v) is 22.3. The summed E-state index contributed by atoms with van der Waals surface area (Å²) in [5.41, 5.74) is 4.60. The molecule has 36 heavy (non-hydrogen) atoms. The van der Waals surface area contributed by atoms with Gasteiger partial charge in [-0.05, 0) is 61.7 Å². The van der Waals surface area contributed by atoms with Crippen molar-refractivity contribution in [2.75, 3.05) is 52.8 Å². The van der Waals surface area contributed by atoms with Crippen LogP contribution in [0.5, 0.6) is 11.5 Å². The standard InChI is InChI=1S/C29H36ClN3O3/c1-22-26(27-21-25(36-3)8-10-28(27)33(22)14-5-13-30)9-11-29(34)32-18-16-31(17-19-32)15-12-23-6-4-7-24(20-23)35-2/h4,6-11,20-21H,5,12-19H2,1-3H3. The maximum absolute atomic E-state index is 13.0. The molecular weight excluding hydrogens is 474 g/mol. The van der Waals surface area contributed by atoms with E-state index in [1.54, 1.807) is 20.3 Å². The van der Waals surface area contributed by atoms with E-state index >= 15 is 0 Å². The first-order chi connectivity index (χ1) is 17.5. The average molecular weight is 510 g/mol. The van der Waals surface area contributed by atoms with E-state index in [1.807, 2.05) is 35.2 Å². The lowest BCUT2D eigenvalue weighted by atomic mass is 10.1. The predicted molar refractivity (Wildman–Crippen MR) is 147 cm³/mol. The summed E-state index contributed by atoms with van der Waals surface area (Å²) in [7, 11) is 3.37. The molecule has 0 radical (unpaired) electrons. The van der Waals surface area contributed by atoms with Gasteiger partial charge in [-0.1, -0.05) is 12.1 Å². The van der Waals surface area contributed by atoms with Crippen LogP contribution in [-0.2, 0) is 17.8 Å². The number of fused-ring (bicyclic) bond motifs is 1. The second-order valence-electron chi connectivity index (χ2n) is 9.18. The number of benzene rings is 2. The van der Waals surface area contributed by atoms with Crippen LogP contribution in [0.1, 0.15) is 23.2 Å². The number of ether oxygens (including phenoxy) is 2. The molecule has 0 saturated carbocycles. The smallest absolute Gasteiger partial charge is 0.246 e. The number of aromatic nitrogens is 1. The van der Waals surface area contributed by atoms with Crippen LogP contribution >= 0.6 is 11.6 Å². The van der Waals surface area contributed by atoms with Gasteiger partial charge in [-0.3, -0.25) is 9.69 Å². The normalized spacial score (nSPS) is 14.6. The topological polar surface area (TPSA) is 46.9 Å². The van der Waals surface area contributed by atoms with Crippen molar-refractivity contribution in [3.05, 3.63) is 65.4 Å². The highest BCUT2D eigenvalue weighted by atomic mass is 35.5. The van der Waals surface area contributed by atoms with Gasteiger partial charge in [0, 0.05) is 73.4 Å². The molecule has 1 aliphatic heterocycles. The Balaban J connectivity index is 1.39. The van der Waals surface area contributed by atoms with Crippen molar-refractivity contribution >= 4 is 34.5 Å². The number of rotatable bonds is 10. The molecule has 3 aromatic rings. The molecule has 7 heteroatoms. The minimum atomic E-state index is 0.0615. The minimum Gasteiger partial charge on any atom is -0.497 e. The molecule has 2 aromatic carbocycles. The molecule has 0 N–H and O–H groups in total. The van der Waals surface area contributed by atoms with E-state index in [1.165, 1.54) is 5.56 Å². The Morgan fingerprint density at radius 1 is 1.00 bits per heavy atom. The molecule has 1 aliphatic rings. The molecule has 6 nitrogen and oxygen atoms in total. The van der Waals surface area contributed by atoms with Gasteiger partial charge in [-0.25, -0.2) is 0 Å². The van der Waals surface area contributed by atoms with Crippen LogP contribution in [-0.4, -0.2) is 73.1 Å². The predicted octanol–water partition coefficient (Wildman–Crippen LogP) is 5.00. The van der Waals surface area contributed by atoms with Crippen molar-refractivity contribution in [3.63, 3.8) is 0 Å². The van der Waals surface area contributed by atoms with Crippen LogP contribution in [0.3, 0.4) is 0 Å². The molecule has 192 valence electrons. The number of carbonyl (C=O) groups excluding carboxylic acids is 1. The number of hydrogen-bond donors (Lipinski definition) is 0. The molecule has 0 bridgehead atoms. The van der Waals surface area contributed by atoms with Gasteiger partial charge in [-0.2, -0.15) is 0 Å². The van der Waals surface area contributed by atoms with Gasteiger partial charge in [0.2, 0.25) is 5.91 Å². The number of carbonyl (C=O) groups is 1. The van der Waals surface area contributed by atoms with Crippen LogP contribution in [0.2, 0.25) is 0 Å². The molecule has 1 aromatic heterocycles. The number of aryl methyl sites for hydroxylation is 1. The van der Waals surface area contributed by atoms with Crippen LogP contribution < -0.4 is 9.47 Å². The molecule has 4 rings (SSSR count). The summed E-state index contributed by atoms with van der Waals surface area (Å²) in [6, 6.07) is 14.3. The Hall–Kier alpha value is -2.96. The first-order valence-electron chi connectivity index (χ1n) is 12.6. The lowest BCUT2D eigenvalue weighted by Gasteiger charge is -2.34. The Morgan fingerprint density at radius 2 is 1.75 bits per heavy atom. The Morgan fingerprint density at radius 3 is 2.47 bits per heavy atom. The maximum Gasteiger partial charge on any atom is 0.246 e. The Kier molecular flexibility index (Phi) is 8.94. The van der Waals surface area contributed by atoms with Crippen LogP contribution in [0, 0.1) is 6.92 Å². The highest BCUT2D eigenvalue weighted by Gasteiger charge is 2.20. The number of methoxy groups -OCH3 is 2. The van der Waals surface area contributed by atoms with Crippen molar-refractivity contribution in [1.29, 1.82) is 0 Å². The average Bonchev–Trinajstić information content (AvgIpc) is 3.18. The summed E-state index contributed by atoms with van der Waals surface area (Å²) >= 11 is 5.97. The third-order valence-corrected chi connectivity index (χ3v) is 7.29. The zero-order chi connectivity index (χ0) is 25.5. The molecular formula is C29H36ClN3O3. The van der Waals surface area contributed by atoms with E-state index in [2.05, 4.69) is 34.6 Å². The van der Waals surface area contributed by atoms with Gasteiger partial charge in [0.25, 0.3) is 0 Å². The van der Waals surface area contributed by atoms with Crippen molar-refractivity contribution in [3.8, 4) is 11.5 Å². The highest BCUT2D eigenvalue weighted by Crippen LogP contribution is 2.31. The molecule has 1 amide bonds. The first-order valence-corrected chi connectivity index (χ1v) is 13.1. The van der Waals surface area contributed by atoms with E-state index in [-0.39, 0.29) is 5.91 Å². The molecule has 1 saturated heterocycles. The summed E-state index contributed by atoms with van der Waals surface area (Å²) in [5.74, 6) is 2.38. The fourth-order valence-electron chi connectivity index (χ4n) is 4.90. The van der Waals surface area contributed by atoms with E-state index < -0.39 is 0 Å². The largest absolute Gasteiger partial charge is 0.497 e. The summed E-state index contributed by atoms with van der Waals surface area (Å²) in [6.45, 7) is 7.18. The monoisotopic (exact) mass is 509 g/mol. The van der Waals surface area contributed by atoms with Crippen LogP contribution in [0.4, 0.5) is 0 Å². The first kappa shape index (κ1) is 26.1. The number of nitrogens with zero attached hydrogens (tertiary/aromatic N) is 3. The Bertz CT molecular complexity index is 1210. The minimum absolute atomic E-state index is 0.0615. The number of halogens is 1. The zero-order valence-electron chi connectivity index (χ0n) is 21.5. The second-order valence-corrected chi connectivity index (χ2v) is 9.56. The van der Waals surface area contributed by atoms with Crippen molar-refractivity contribution in [2.24, 2.45) is 0 Å². The van der Waals surface area contributed by atoms with E-state index in [4.69, 9.17) is 21.1 Å². The summed E-state index contributed by atoms with van der Waals surface area (Å²) in [5, 5.41) is 1.09. The quantitative estimate of drug-likeness (QED) is 0.285. The van der Waals surface area contributed by atoms with Crippen molar-refractivity contribution in [2.45, 2.75) is 26.3 Å². The lowest BCUT2D eigenvalue weighted by Crippen LogP contribution is -2.48. The molecule has 2 heterocycles. The fraction of sp³-hybridized carbons (Fsp3) is 0.414. The Labute approximate surface area is 219 Å². The van der Waals surface area contributed by atoms with Gasteiger partial charge in [0.05, 0.1) is 14.2 Å². The molecule has 1 fully saturated rings. The van der Waals surface area contributed by atoms with E-state index in [9.17, 15) is 4.79 Å². The third-order valence-electron chi connectivity index (χ3n) is 7.02. The van der Waals surface area contributed by atoms with Gasteiger partial charge in [0.15, 0.2) is 0 Å². The third kappa shape index (κ3) is 6.05. The fourth-order valence-corrected chi connectivity index (χ4v) is 5.02. The van der Waals surface area contributed by atoms with Crippen LogP contribution in [0.25, 0.3) is 17.0 Å². The van der Waals surface area contributed by atoms with Gasteiger partial charge < -0.3 is 18.9 Å². The molecule has 0 unspecified atom stereocenters. The number of alkyl halides is 1. The van der Waals surface area contributed by atoms with Gasteiger partial charge in [0.1, 0.15) is 11.5 Å². The molecule has 0 spiro atoms. The molecule has 0 aliphatic carbocycles. The van der Waals surface area contributed by atoms with Gasteiger partial charge >= 0.3 is 0 Å². The van der Waals surface area contributed by atoms with Crippen molar-refractivity contribution < 1.29 is 14.3 Å². The number of hydrogen-bond acceptors (Lipinski definition) is 4. The SMILES string of the molecule is COc1cccc(CCN2CCN(C(=O)C=Cc3c(C)n(CCCCl)c4ccc(OC)cc34)CC2)c1. The summed E-state index contributed by atoms with van der Waals surface area (Å²) in [6.07, 6.45) is 5.55. The molecule has 0 atom stereocenters. The maximum atomic E-state index is 13.0. The summed E-state index contributed by atoms with van der Waals surface area (Å²) < 4.78 is 13.1. The second kappa shape index (κ2) is 12.3. The number of piperazine rings is 1. The van der Waals surface area contributed by atoms with E-state index in [0.717, 1.165) is 85.8 Å². The number of amides is 1. The lowest BCUT2D eigenvalue weighted by molar-refractivity contribution is -0.127. The summed E-state index contributed by atoms with van der Waals surface area (Å²) in [4.78, 5) is 17.4. The van der Waals surface area contributed by atoms with Crippen molar-refractivity contribution in [1.82, 2.24) is 14.4 Å². The van der Waals surface area contributed by atoms with Crippen LogP contribution in [0.15, 0.2) is 48.5 Å². The highest BCUT2D eigenvalue weighted by molar-refractivity contribution is 6.17. The van der Waals surface area contributed by atoms with E-state index in [0.29, 0.717) is 5.88 Å².